The summed E-state index contributed by atoms with van der Waals surface area (Å²) in [5, 5.41) is 6.43. The van der Waals surface area contributed by atoms with Crippen LogP contribution in [-0.4, -0.2) is 17.9 Å². The number of nitrogens with one attached hydrogen (secondary N) is 2. The summed E-state index contributed by atoms with van der Waals surface area (Å²) in [6.45, 7) is 2.11. The molecule has 0 saturated carbocycles. The van der Waals surface area contributed by atoms with Gasteiger partial charge < -0.3 is 0 Å². The van der Waals surface area contributed by atoms with Crippen LogP contribution in [0.25, 0.3) is 0 Å². The Hall–Kier alpha value is -1.39. The van der Waals surface area contributed by atoms with Gasteiger partial charge in [0.2, 0.25) is 11.8 Å². The van der Waals surface area contributed by atoms with Gasteiger partial charge >= 0.3 is 0 Å². The summed E-state index contributed by atoms with van der Waals surface area (Å²) < 4.78 is 0. The van der Waals surface area contributed by atoms with Crippen molar-refractivity contribution in [2.75, 3.05) is 0 Å². The fraction of sp³-hybridized carbons (Fsp3) is 0.467. The maximum atomic E-state index is 11.8. The van der Waals surface area contributed by atoms with Crippen LogP contribution < -0.4 is 10.6 Å². The number of benzene rings is 1. The number of rotatable bonds is 5. The molecule has 2 amide bonds. The number of piperidine rings is 1. The van der Waals surface area contributed by atoms with E-state index in [1.54, 1.807) is 0 Å². The fourth-order valence-corrected chi connectivity index (χ4v) is 2.55. The van der Waals surface area contributed by atoms with E-state index in [0.717, 1.165) is 18.4 Å². The maximum Gasteiger partial charge on any atom is 0.243 e. The minimum atomic E-state index is -0.306. The molecule has 108 valence electrons. The molecule has 20 heavy (non-hydrogen) atoms. The summed E-state index contributed by atoms with van der Waals surface area (Å²) in [4.78, 5) is 23.0. The molecule has 1 fully saturated rings. The van der Waals surface area contributed by atoms with Crippen LogP contribution in [0.2, 0.25) is 5.02 Å². The predicted octanol–water partition coefficient (Wildman–Crippen LogP) is 2.58. The lowest BCUT2D eigenvalue weighted by atomic mass is 9.98. The predicted molar refractivity (Wildman–Crippen MR) is 78.4 cm³/mol. The molecule has 1 aliphatic rings. The smallest absolute Gasteiger partial charge is 0.243 e. The number of hydrogen-bond donors (Lipinski definition) is 2. The molecule has 1 aromatic carbocycles. The van der Waals surface area contributed by atoms with E-state index in [1.165, 1.54) is 0 Å². The standard InChI is InChI=1S/C15H19ClN2O2/c1-2-3-12(10-4-6-11(16)7-5-10)17-13-8-9-14(19)18-15(13)20/h4-7,12-13,17H,2-3,8-9H2,1H3,(H,18,19,20). The Morgan fingerprint density at radius 3 is 2.65 bits per heavy atom. The molecule has 5 heteroatoms. The second-order valence-corrected chi connectivity index (χ2v) is 5.50. The Morgan fingerprint density at radius 2 is 2.05 bits per heavy atom. The van der Waals surface area contributed by atoms with Crippen LogP contribution in [0.3, 0.4) is 0 Å². The van der Waals surface area contributed by atoms with Gasteiger partial charge in [0.05, 0.1) is 6.04 Å². The third-order valence-electron chi connectivity index (χ3n) is 3.49. The van der Waals surface area contributed by atoms with Crippen LogP contribution >= 0.6 is 11.6 Å². The third kappa shape index (κ3) is 3.81. The first-order valence-electron chi connectivity index (χ1n) is 6.95. The van der Waals surface area contributed by atoms with Crippen molar-refractivity contribution in [2.24, 2.45) is 0 Å². The van der Waals surface area contributed by atoms with E-state index in [4.69, 9.17) is 11.6 Å². The first-order valence-corrected chi connectivity index (χ1v) is 7.33. The van der Waals surface area contributed by atoms with E-state index in [1.807, 2.05) is 24.3 Å². The molecule has 2 unspecified atom stereocenters. The van der Waals surface area contributed by atoms with E-state index >= 15 is 0 Å². The lowest BCUT2D eigenvalue weighted by molar-refractivity contribution is -0.134. The summed E-state index contributed by atoms with van der Waals surface area (Å²) in [7, 11) is 0. The molecule has 0 radical (unpaired) electrons. The Kier molecular flexibility index (Phi) is 5.15. The monoisotopic (exact) mass is 294 g/mol. The summed E-state index contributed by atoms with van der Waals surface area (Å²) in [5.74, 6) is -0.414. The van der Waals surface area contributed by atoms with Crippen molar-refractivity contribution in [3.63, 3.8) is 0 Å². The highest BCUT2D eigenvalue weighted by Gasteiger charge is 2.28. The van der Waals surface area contributed by atoms with Crippen molar-refractivity contribution in [1.82, 2.24) is 10.6 Å². The van der Waals surface area contributed by atoms with E-state index < -0.39 is 0 Å². The van der Waals surface area contributed by atoms with Gasteiger partial charge in [-0.1, -0.05) is 37.1 Å². The second-order valence-electron chi connectivity index (χ2n) is 5.06. The Morgan fingerprint density at radius 1 is 1.35 bits per heavy atom. The summed E-state index contributed by atoms with van der Waals surface area (Å²) in [6.07, 6.45) is 2.88. The summed E-state index contributed by atoms with van der Waals surface area (Å²) in [5.41, 5.74) is 1.11. The van der Waals surface area contributed by atoms with Crippen molar-refractivity contribution in [2.45, 2.75) is 44.7 Å². The molecule has 1 aliphatic heterocycles. The van der Waals surface area contributed by atoms with Crippen LogP contribution in [0.5, 0.6) is 0 Å². The molecule has 0 aliphatic carbocycles. The zero-order chi connectivity index (χ0) is 14.5. The highest BCUT2D eigenvalue weighted by atomic mass is 35.5. The molecule has 0 spiro atoms. The van der Waals surface area contributed by atoms with Crippen molar-refractivity contribution >= 4 is 23.4 Å². The number of imide groups is 1. The summed E-state index contributed by atoms with van der Waals surface area (Å²) in [6, 6.07) is 7.45. The van der Waals surface area contributed by atoms with Crippen LogP contribution in [-0.2, 0) is 9.59 Å². The maximum absolute atomic E-state index is 11.8. The lowest BCUT2D eigenvalue weighted by Crippen LogP contribution is -2.51. The van der Waals surface area contributed by atoms with E-state index in [2.05, 4.69) is 17.6 Å². The van der Waals surface area contributed by atoms with Crippen LogP contribution in [0, 0.1) is 0 Å². The normalized spacial score (nSPS) is 20.6. The third-order valence-corrected chi connectivity index (χ3v) is 3.74. The van der Waals surface area contributed by atoms with Gasteiger partial charge in [-0.05, 0) is 30.5 Å². The van der Waals surface area contributed by atoms with Crippen molar-refractivity contribution in [3.8, 4) is 0 Å². The lowest BCUT2D eigenvalue weighted by Gasteiger charge is -2.27. The van der Waals surface area contributed by atoms with Crippen molar-refractivity contribution < 1.29 is 9.59 Å². The van der Waals surface area contributed by atoms with Gasteiger partial charge in [0.1, 0.15) is 0 Å². The Labute approximate surface area is 123 Å². The minimum Gasteiger partial charge on any atom is -0.299 e. The van der Waals surface area contributed by atoms with Gasteiger partial charge in [-0.25, -0.2) is 0 Å². The van der Waals surface area contributed by atoms with Crippen molar-refractivity contribution in [3.05, 3.63) is 34.9 Å². The molecule has 2 atom stereocenters. The van der Waals surface area contributed by atoms with E-state index in [-0.39, 0.29) is 23.9 Å². The highest BCUT2D eigenvalue weighted by Crippen LogP contribution is 2.22. The highest BCUT2D eigenvalue weighted by molar-refractivity contribution is 6.30. The quantitative estimate of drug-likeness (QED) is 0.821. The van der Waals surface area contributed by atoms with Gasteiger partial charge in [0, 0.05) is 17.5 Å². The molecule has 0 bridgehead atoms. The SMILES string of the molecule is CCCC(NC1CCC(=O)NC1=O)c1ccc(Cl)cc1. The molecule has 1 aromatic rings. The zero-order valence-corrected chi connectivity index (χ0v) is 12.2. The fourth-order valence-electron chi connectivity index (χ4n) is 2.43. The first-order chi connectivity index (χ1) is 9.60. The Balaban J connectivity index is 2.07. The molecule has 2 rings (SSSR count). The topological polar surface area (TPSA) is 58.2 Å². The first kappa shape index (κ1) is 15.0. The molecular weight excluding hydrogens is 276 g/mol. The average Bonchev–Trinajstić information content (AvgIpc) is 2.42. The number of carbonyl (C=O) groups is 2. The minimum absolute atomic E-state index is 0.0984. The van der Waals surface area contributed by atoms with Gasteiger partial charge in [0.25, 0.3) is 0 Å². The van der Waals surface area contributed by atoms with Crippen LogP contribution in [0.15, 0.2) is 24.3 Å². The molecule has 0 aromatic heterocycles. The van der Waals surface area contributed by atoms with Crippen molar-refractivity contribution in [1.29, 1.82) is 0 Å². The molecule has 4 nitrogen and oxygen atoms in total. The van der Waals surface area contributed by atoms with Gasteiger partial charge in [0.15, 0.2) is 0 Å². The number of carbonyl (C=O) groups excluding carboxylic acids is 2. The zero-order valence-electron chi connectivity index (χ0n) is 11.5. The number of hydrogen-bond acceptors (Lipinski definition) is 3. The molecular formula is C15H19ClN2O2. The molecule has 2 N–H and O–H groups in total. The molecule has 1 heterocycles. The van der Waals surface area contributed by atoms with Crippen LogP contribution in [0.1, 0.15) is 44.2 Å². The van der Waals surface area contributed by atoms with E-state index in [0.29, 0.717) is 17.9 Å². The number of halogens is 1. The molecule has 1 saturated heterocycles. The van der Waals surface area contributed by atoms with E-state index in [9.17, 15) is 9.59 Å². The average molecular weight is 295 g/mol. The van der Waals surface area contributed by atoms with Crippen LogP contribution in [0.4, 0.5) is 0 Å². The van der Waals surface area contributed by atoms with Gasteiger partial charge in [-0.2, -0.15) is 0 Å². The largest absolute Gasteiger partial charge is 0.299 e. The summed E-state index contributed by atoms with van der Waals surface area (Å²) >= 11 is 5.90. The Bertz CT molecular complexity index is 487. The van der Waals surface area contributed by atoms with Gasteiger partial charge in [-0.15, -0.1) is 0 Å². The number of amides is 2. The second kappa shape index (κ2) is 6.86. The van der Waals surface area contributed by atoms with Gasteiger partial charge in [-0.3, -0.25) is 20.2 Å².